The lowest BCUT2D eigenvalue weighted by atomic mass is 10.0. The van der Waals surface area contributed by atoms with Crippen molar-refractivity contribution in [2.75, 3.05) is 6.61 Å². The van der Waals surface area contributed by atoms with E-state index < -0.39 is 0 Å². The molecule has 2 atom stereocenters. The molecule has 0 aliphatic rings. The van der Waals surface area contributed by atoms with Gasteiger partial charge in [0.15, 0.2) is 0 Å². The van der Waals surface area contributed by atoms with Crippen molar-refractivity contribution < 1.29 is 4.74 Å². The smallest absolute Gasteiger partial charge is 0.0626 e. The van der Waals surface area contributed by atoms with Crippen LogP contribution in [-0.4, -0.2) is 12.7 Å². The van der Waals surface area contributed by atoms with Crippen LogP contribution in [0.3, 0.4) is 0 Å². The summed E-state index contributed by atoms with van der Waals surface area (Å²) in [5.74, 6) is 0.644. The molecular formula is C17H25Cl3O. The second-order valence-electron chi connectivity index (χ2n) is 5.63. The van der Waals surface area contributed by atoms with E-state index in [4.69, 9.17) is 39.5 Å². The molecule has 1 aromatic carbocycles. The van der Waals surface area contributed by atoms with Crippen LogP contribution < -0.4 is 0 Å². The van der Waals surface area contributed by atoms with Gasteiger partial charge in [0, 0.05) is 11.6 Å². The van der Waals surface area contributed by atoms with Crippen LogP contribution in [0, 0.1) is 5.92 Å². The lowest BCUT2D eigenvalue weighted by molar-refractivity contribution is 0.0370. The first kappa shape index (κ1) is 19.1. The van der Waals surface area contributed by atoms with Gasteiger partial charge in [-0.2, -0.15) is 0 Å². The van der Waals surface area contributed by atoms with Gasteiger partial charge in [-0.3, -0.25) is 0 Å². The van der Waals surface area contributed by atoms with Crippen molar-refractivity contribution in [3.05, 3.63) is 32.8 Å². The van der Waals surface area contributed by atoms with Gasteiger partial charge >= 0.3 is 0 Å². The molecule has 0 aliphatic heterocycles. The van der Waals surface area contributed by atoms with Crippen LogP contribution in [0.1, 0.15) is 52.0 Å². The summed E-state index contributed by atoms with van der Waals surface area (Å²) in [7, 11) is 0. The highest BCUT2D eigenvalue weighted by atomic mass is 35.5. The quantitative estimate of drug-likeness (QED) is 0.444. The lowest BCUT2D eigenvalue weighted by Gasteiger charge is -2.19. The van der Waals surface area contributed by atoms with Gasteiger partial charge in [-0.15, -0.1) is 0 Å². The molecule has 0 radical (unpaired) electrons. The van der Waals surface area contributed by atoms with E-state index in [1.54, 1.807) is 6.07 Å². The van der Waals surface area contributed by atoms with Crippen molar-refractivity contribution in [2.24, 2.45) is 5.92 Å². The number of halogens is 3. The highest BCUT2D eigenvalue weighted by Gasteiger charge is 2.13. The molecule has 4 heteroatoms. The Hall–Kier alpha value is 0.0500. The molecule has 0 heterocycles. The van der Waals surface area contributed by atoms with E-state index in [9.17, 15) is 0 Å². The van der Waals surface area contributed by atoms with Crippen molar-refractivity contribution in [3.63, 3.8) is 0 Å². The minimum atomic E-state index is 0.104. The van der Waals surface area contributed by atoms with Gasteiger partial charge in [0.1, 0.15) is 0 Å². The fraction of sp³-hybridized carbons (Fsp3) is 0.647. The van der Waals surface area contributed by atoms with Crippen LogP contribution in [0.5, 0.6) is 0 Å². The summed E-state index contributed by atoms with van der Waals surface area (Å²) in [5.41, 5.74) is 0.947. The van der Waals surface area contributed by atoms with Crippen LogP contribution in [0.4, 0.5) is 0 Å². The number of unbranched alkanes of at least 4 members (excludes halogenated alkanes) is 1. The largest absolute Gasteiger partial charge is 0.378 e. The molecular weight excluding hydrogens is 327 g/mol. The summed E-state index contributed by atoms with van der Waals surface area (Å²) in [6, 6.07) is 3.53. The Morgan fingerprint density at radius 3 is 2.48 bits per heavy atom. The Morgan fingerprint density at radius 2 is 1.86 bits per heavy atom. The topological polar surface area (TPSA) is 9.23 Å². The third kappa shape index (κ3) is 6.78. The highest BCUT2D eigenvalue weighted by molar-refractivity contribution is 6.43. The van der Waals surface area contributed by atoms with Crippen LogP contribution in [0.25, 0.3) is 0 Å². The molecule has 0 spiro atoms. The number of hydrogen-bond donors (Lipinski definition) is 0. The zero-order valence-electron chi connectivity index (χ0n) is 13.1. The zero-order valence-corrected chi connectivity index (χ0v) is 15.4. The molecule has 0 aliphatic carbocycles. The standard InChI is InChI=1S/C17H25Cl3O/c1-4-6-7-13(5-2)11-21-12(3)8-14-9-15(18)10-16(19)17(14)20/h9-10,12-13H,4-8,11H2,1-3H3. The molecule has 0 saturated heterocycles. The van der Waals surface area contributed by atoms with E-state index in [0.29, 0.717) is 21.0 Å². The minimum Gasteiger partial charge on any atom is -0.378 e. The molecule has 21 heavy (non-hydrogen) atoms. The Morgan fingerprint density at radius 1 is 1.14 bits per heavy atom. The van der Waals surface area contributed by atoms with Crippen molar-refractivity contribution in [1.29, 1.82) is 0 Å². The molecule has 0 N–H and O–H groups in total. The number of benzene rings is 1. The zero-order chi connectivity index (χ0) is 15.8. The van der Waals surface area contributed by atoms with Crippen LogP contribution >= 0.6 is 34.8 Å². The van der Waals surface area contributed by atoms with E-state index in [2.05, 4.69) is 20.8 Å². The highest BCUT2D eigenvalue weighted by Crippen LogP contribution is 2.30. The molecule has 0 fully saturated rings. The van der Waals surface area contributed by atoms with E-state index >= 15 is 0 Å². The summed E-state index contributed by atoms with van der Waals surface area (Å²) in [6.07, 6.45) is 5.74. The Labute approximate surface area is 143 Å². The number of hydrogen-bond acceptors (Lipinski definition) is 1. The molecule has 1 nitrogen and oxygen atoms in total. The van der Waals surface area contributed by atoms with Gasteiger partial charge in [-0.25, -0.2) is 0 Å². The van der Waals surface area contributed by atoms with Crippen molar-refractivity contribution >= 4 is 34.8 Å². The molecule has 1 rings (SSSR count). The Balaban J connectivity index is 2.52. The second-order valence-corrected chi connectivity index (χ2v) is 6.85. The summed E-state index contributed by atoms with van der Waals surface area (Å²) in [5, 5.41) is 1.69. The SMILES string of the molecule is CCCCC(CC)COC(C)Cc1cc(Cl)cc(Cl)c1Cl. The van der Waals surface area contributed by atoms with Crippen molar-refractivity contribution in [3.8, 4) is 0 Å². The van der Waals surface area contributed by atoms with E-state index in [-0.39, 0.29) is 6.10 Å². The second kappa shape index (κ2) is 9.94. The summed E-state index contributed by atoms with van der Waals surface area (Å²) in [6.45, 7) is 7.32. The average molecular weight is 352 g/mol. The average Bonchev–Trinajstić information content (AvgIpc) is 2.44. The first-order valence-electron chi connectivity index (χ1n) is 7.72. The molecule has 120 valence electrons. The van der Waals surface area contributed by atoms with Gasteiger partial charge in [-0.05, 0) is 43.4 Å². The first-order valence-corrected chi connectivity index (χ1v) is 8.86. The molecule has 0 bridgehead atoms. The monoisotopic (exact) mass is 350 g/mol. The Bertz CT molecular complexity index is 434. The molecule has 0 aromatic heterocycles. The minimum absolute atomic E-state index is 0.104. The molecule has 1 aromatic rings. The summed E-state index contributed by atoms with van der Waals surface area (Å²) < 4.78 is 5.99. The number of rotatable bonds is 9. The van der Waals surface area contributed by atoms with Gasteiger partial charge in [0.25, 0.3) is 0 Å². The predicted molar refractivity (Wildman–Crippen MR) is 93.9 cm³/mol. The maximum absolute atomic E-state index is 6.22. The van der Waals surface area contributed by atoms with Gasteiger partial charge < -0.3 is 4.74 Å². The summed E-state index contributed by atoms with van der Waals surface area (Å²) >= 11 is 18.3. The molecule has 2 unspecified atom stereocenters. The maximum Gasteiger partial charge on any atom is 0.0626 e. The van der Waals surface area contributed by atoms with Gasteiger partial charge in [-0.1, -0.05) is 67.9 Å². The fourth-order valence-electron chi connectivity index (χ4n) is 2.32. The van der Waals surface area contributed by atoms with E-state index in [1.807, 2.05) is 6.07 Å². The van der Waals surface area contributed by atoms with Crippen molar-refractivity contribution in [1.82, 2.24) is 0 Å². The molecule has 0 saturated carbocycles. The lowest BCUT2D eigenvalue weighted by Crippen LogP contribution is -2.18. The summed E-state index contributed by atoms with van der Waals surface area (Å²) in [4.78, 5) is 0. The van der Waals surface area contributed by atoms with Gasteiger partial charge in [0.05, 0.1) is 16.1 Å². The first-order chi connectivity index (χ1) is 9.97. The van der Waals surface area contributed by atoms with Crippen LogP contribution in [0.15, 0.2) is 12.1 Å². The predicted octanol–water partition coefficient (Wildman–Crippen LogP) is 6.81. The van der Waals surface area contributed by atoms with Crippen molar-refractivity contribution in [2.45, 2.75) is 59.0 Å². The van der Waals surface area contributed by atoms with Crippen LogP contribution in [0.2, 0.25) is 15.1 Å². The van der Waals surface area contributed by atoms with Gasteiger partial charge in [0.2, 0.25) is 0 Å². The van der Waals surface area contributed by atoms with Crippen LogP contribution in [-0.2, 0) is 11.2 Å². The fourth-order valence-corrected chi connectivity index (χ4v) is 3.05. The van der Waals surface area contributed by atoms with E-state index in [1.165, 1.54) is 19.3 Å². The third-order valence-electron chi connectivity index (χ3n) is 3.74. The molecule has 0 amide bonds. The Kier molecular flexibility index (Phi) is 9.04. The third-order valence-corrected chi connectivity index (χ3v) is 4.79. The normalized spacial score (nSPS) is 14.2. The van der Waals surface area contributed by atoms with E-state index in [0.717, 1.165) is 25.0 Å². The number of ether oxygens (including phenoxy) is 1. The maximum atomic E-state index is 6.22.